The fraction of sp³-hybridized carbons (Fsp3) is 0.333. The lowest BCUT2D eigenvalue weighted by Crippen LogP contribution is -2.49. The highest BCUT2D eigenvalue weighted by atomic mass is 35.5. The molecule has 0 N–H and O–H groups in total. The number of halogens is 2. The Morgan fingerprint density at radius 2 is 1.88 bits per heavy atom. The summed E-state index contributed by atoms with van der Waals surface area (Å²) < 4.78 is 0. The molecule has 1 amide bonds. The predicted octanol–water partition coefficient (Wildman–Crippen LogP) is 3.16. The second kappa shape index (κ2) is 9.02. The largest absolute Gasteiger partial charge is 0.336 e. The van der Waals surface area contributed by atoms with Crippen LogP contribution in [-0.2, 0) is 6.42 Å². The van der Waals surface area contributed by atoms with E-state index < -0.39 is 0 Å². The van der Waals surface area contributed by atoms with Crippen LogP contribution in [0.5, 0.6) is 0 Å². The minimum atomic E-state index is 0. The third kappa shape index (κ3) is 4.94. The number of carbonyl (C=O) groups excluding carboxylic acids is 1. The van der Waals surface area contributed by atoms with Gasteiger partial charge in [-0.3, -0.25) is 14.7 Å². The lowest BCUT2D eigenvalue weighted by Gasteiger charge is -2.34. The highest BCUT2D eigenvalue weighted by Crippen LogP contribution is 2.14. The van der Waals surface area contributed by atoms with Crippen LogP contribution in [0.25, 0.3) is 0 Å². The molecule has 2 heterocycles. The van der Waals surface area contributed by atoms with Crippen LogP contribution in [0.1, 0.15) is 16.1 Å². The van der Waals surface area contributed by atoms with Crippen molar-refractivity contribution < 1.29 is 4.79 Å². The molecule has 0 unspecified atom stereocenters. The van der Waals surface area contributed by atoms with Crippen molar-refractivity contribution in [3.8, 4) is 0 Å². The first kappa shape index (κ1) is 18.7. The SMILES string of the molecule is Cl.O=C(c1cccc(Cl)c1)N1CCN(CCc2ccccn2)CC1. The van der Waals surface area contributed by atoms with Gasteiger partial charge >= 0.3 is 0 Å². The molecule has 128 valence electrons. The smallest absolute Gasteiger partial charge is 0.253 e. The molecule has 0 atom stereocenters. The molecular formula is C18H21Cl2N3O. The number of pyridine rings is 1. The summed E-state index contributed by atoms with van der Waals surface area (Å²) >= 11 is 5.97. The van der Waals surface area contributed by atoms with E-state index in [0.29, 0.717) is 10.6 Å². The molecule has 1 aromatic heterocycles. The number of rotatable bonds is 4. The Bertz CT molecular complexity index is 658. The van der Waals surface area contributed by atoms with Crippen LogP contribution in [0.15, 0.2) is 48.7 Å². The van der Waals surface area contributed by atoms with Gasteiger partial charge in [-0.1, -0.05) is 23.7 Å². The summed E-state index contributed by atoms with van der Waals surface area (Å²) in [6.45, 7) is 4.30. The van der Waals surface area contributed by atoms with Crippen molar-refractivity contribution in [3.63, 3.8) is 0 Å². The van der Waals surface area contributed by atoms with Crippen molar-refractivity contribution in [1.29, 1.82) is 0 Å². The maximum Gasteiger partial charge on any atom is 0.253 e. The van der Waals surface area contributed by atoms with Crippen molar-refractivity contribution in [3.05, 3.63) is 64.9 Å². The molecule has 2 aromatic rings. The van der Waals surface area contributed by atoms with E-state index >= 15 is 0 Å². The second-order valence-corrected chi connectivity index (χ2v) is 6.15. The van der Waals surface area contributed by atoms with Crippen LogP contribution in [0.3, 0.4) is 0 Å². The number of hydrogen-bond donors (Lipinski definition) is 0. The molecule has 1 aliphatic rings. The van der Waals surface area contributed by atoms with Gasteiger partial charge in [-0.2, -0.15) is 0 Å². The first-order valence-corrected chi connectivity index (χ1v) is 8.27. The average molecular weight is 366 g/mol. The van der Waals surface area contributed by atoms with Crippen molar-refractivity contribution in [1.82, 2.24) is 14.8 Å². The van der Waals surface area contributed by atoms with Gasteiger partial charge < -0.3 is 4.90 Å². The Hall–Kier alpha value is -1.62. The molecule has 0 aliphatic carbocycles. The van der Waals surface area contributed by atoms with E-state index in [1.54, 1.807) is 12.1 Å². The third-order valence-corrected chi connectivity index (χ3v) is 4.38. The van der Waals surface area contributed by atoms with Gasteiger partial charge in [0.15, 0.2) is 0 Å². The summed E-state index contributed by atoms with van der Waals surface area (Å²) in [7, 11) is 0. The number of hydrogen-bond acceptors (Lipinski definition) is 3. The number of amides is 1. The fourth-order valence-electron chi connectivity index (χ4n) is 2.80. The number of aromatic nitrogens is 1. The van der Waals surface area contributed by atoms with Crippen LogP contribution in [0, 0.1) is 0 Å². The van der Waals surface area contributed by atoms with Crippen LogP contribution in [0.4, 0.5) is 0 Å². The van der Waals surface area contributed by atoms with E-state index in [-0.39, 0.29) is 18.3 Å². The van der Waals surface area contributed by atoms with Crippen LogP contribution in [0.2, 0.25) is 5.02 Å². The average Bonchev–Trinajstić information content (AvgIpc) is 2.61. The molecule has 0 saturated carbocycles. The van der Waals surface area contributed by atoms with E-state index in [1.165, 1.54) is 0 Å². The van der Waals surface area contributed by atoms with Gasteiger partial charge in [0.25, 0.3) is 5.91 Å². The fourth-order valence-corrected chi connectivity index (χ4v) is 2.99. The zero-order valence-corrected chi connectivity index (χ0v) is 15.0. The van der Waals surface area contributed by atoms with Gasteiger partial charge in [0.1, 0.15) is 0 Å². The summed E-state index contributed by atoms with van der Waals surface area (Å²) in [6, 6.07) is 13.2. The predicted molar refractivity (Wildman–Crippen MR) is 99.0 cm³/mol. The van der Waals surface area contributed by atoms with Crippen LogP contribution in [-0.4, -0.2) is 53.4 Å². The maximum atomic E-state index is 12.5. The third-order valence-electron chi connectivity index (χ3n) is 4.14. The van der Waals surface area contributed by atoms with Crippen LogP contribution < -0.4 is 0 Å². The van der Waals surface area contributed by atoms with E-state index in [2.05, 4.69) is 16.0 Å². The lowest BCUT2D eigenvalue weighted by molar-refractivity contribution is 0.0638. The molecule has 0 spiro atoms. The topological polar surface area (TPSA) is 36.4 Å². The summed E-state index contributed by atoms with van der Waals surface area (Å²) in [5.74, 6) is 0.0666. The Balaban J connectivity index is 0.00000208. The molecule has 0 bridgehead atoms. The zero-order chi connectivity index (χ0) is 16.1. The second-order valence-electron chi connectivity index (χ2n) is 5.72. The quantitative estimate of drug-likeness (QED) is 0.834. The van der Waals surface area contributed by atoms with Gasteiger partial charge in [0.05, 0.1) is 0 Å². The monoisotopic (exact) mass is 365 g/mol. The van der Waals surface area contributed by atoms with Gasteiger partial charge in [0, 0.05) is 61.6 Å². The molecular weight excluding hydrogens is 345 g/mol. The number of benzene rings is 1. The summed E-state index contributed by atoms with van der Waals surface area (Å²) in [5, 5.41) is 0.602. The van der Waals surface area contributed by atoms with Gasteiger partial charge in [-0.25, -0.2) is 0 Å². The molecule has 24 heavy (non-hydrogen) atoms. The number of piperazine rings is 1. The molecule has 1 aliphatic heterocycles. The van der Waals surface area contributed by atoms with Crippen molar-refractivity contribution in [2.75, 3.05) is 32.7 Å². The number of carbonyl (C=O) groups is 1. The van der Waals surface area contributed by atoms with Crippen LogP contribution >= 0.6 is 24.0 Å². The maximum absolute atomic E-state index is 12.5. The molecule has 6 heteroatoms. The van der Waals surface area contributed by atoms with E-state index in [4.69, 9.17) is 11.6 Å². The molecule has 1 saturated heterocycles. The highest BCUT2D eigenvalue weighted by molar-refractivity contribution is 6.30. The van der Waals surface area contributed by atoms with Crippen molar-refractivity contribution in [2.24, 2.45) is 0 Å². The van der Waals surface area contributed by atoms with Gasteiger partial charge in [-0.15, -0.1) is 12.4 Å². The Labute approximate surface area is 153 Å². The summed E-state index contributed by atoms with van der Waals surface area (Å²) in [6.07, 6.45) is 2.78. The molecule has 3 rings (SSSR count). The molecule has 1 aromatic carbocycles. The summed E-state index contributed by atoms with van der Waals surface area (Å²) in [4.78, 5) is 21.1. The molecule has 1 fully saturated rings. The minimum Gasteiger partial charge on any atom is -0.336 e. The summed E-state index contributed by atoms with van der Waals surface area (Å²) in [5.41, 5.74) is 1.78. The van der Waals surface area contributed by atoms with Crippen molar-refractivity contribution >= 4 is 29.9 Å². The number of nitrogens with zero attached hydrogens (tertiary/aromatic N) is 3. The first-order valence-electron chi connectivity index (χ1n) is 7.89. The minimum absolute atomic E-state index is 0. The molecule has 4 nitrogen and oxygen atoms in total. The normalized spacial score (nSPS) is 15.0. The van der Waals surface area contributed by atoms with E-state index in [9.17, 15) is 4.79 Å². The van der Waals surface area contributed by atoms with E-state index in [1.807, 2.05) is 35.4 Å². The van der Waals surface area contributed by atoms with Gasteiger partial charge in [0.2, 0.25) is 0 Å². The van der Waals surface area contributed by atoms with Gasteiger partial charge in [-0.05, 0) is 30.3 Å². The standard InChI is InChI=1S/C18H20ClN3O.ClH/c19-16-5-3-4-15(14-16)18(23)22-12-10-21(11-13-22)9-7-17-6-1-2-8-20-17;/h1-6,8,14H,7,9-13H2;1H. The highest BCUT2D eigenvalue weighted by Gasteiger charge is 2.22. The van der Waals surface area contributed by atoms with E-state index in [0.717, 1.165) is 44.8 Å². The lowest BCUT2D eigenvalue weighted by atomic mass is 10.1. The Kier molecular flexibility index (Phi) is 7.03. The molecule has 0 radical (unpaired) electrons. The zero-order valence-electron chi connectivity index (χ0n) is 13.4. The van der Waals surface area contributed by atoms with Crippen molar-refractivity contribution in [2.45, 2.75) is 6.42 Å². The first-order chi connectivity index (χ1) is 11.2. The Morgan fingerprint density at radius 3 is 2.54 bits per heavy atom. The Morgan fingerprint density at radius 1 is 1.08 bits per heavy atom.